The van der Waals surface area contributed by atoms with Gasteiger partial charge in [-0.3, -0.25) is 0 Å². The van der Waals surface area contributed by atoms with Crippen LogP contribution < -0.4 is 4.68 Å². The monoisotopic (exact) mass is 249 g/mol. The van der Waals surface area contributed by atoms with Gasteiger partial charge in [0.1, 0.15) is 18.7 Å². The summed E-state index contributed by atoms with van der Waals surface area (Å²) in [4.78, 5) is 0. The summed E-state index contributed by atoms with van der Waals surface area (Å²) >= 11 is 5.25. The summed E-state index contributed by atoms with van der Waals surface area (Å²) in [5.41, 5.74) is 1.11. The highest BCUT2D eigenvalue weighted by Crippen LogP contribution is 2.16. The van der Waals surface area contributed by atoms with Gasteiger partial charge in [-0.05, 0) is 12.1 Å². The van der Waals surface area contributed by atoms with Crippen LogP contribution in [0.25, 0.3) is 11.4 Å². The molecule has 0 saturated heterocycles. The van der Waals surface area contributed by atoms with Gasteiger partial charge in [-0.2, -0.15) is 0 Å². The van der Waals surface area contributed by atoms with E-state index >= 15 is 0 Å². The van der Waals surface area contributed by atoms with Crippen LogP contribution in [0.2, 0.25) is 0 Å². The van der Waals surface area contributed by atoms with Crippen LogP contribution in [-0.4, -0.2) is 23.4 Å². The lowest BCUT2D eigenvalue weighted by Gasteiger charge is -2.05. The van der Waals surface area contributed by atoms with Crippen molar-refractivity contribution >= 4 is 12.6 Å². The van der Waals surface area contributed by atoms with Crippen molar-refractivity contribution in [3.8, 4) is 11.4 Å². The van der Waals surface area contributed by atoms with Crippen LogP contribution in [-0.2, 0) is 31.0 Å². The second-order valence-corrected chi connectivity index (χ2v) is 4.11. The predicted octanol–water partition coefficient (Wildman–Crippen LogP) is 0.927. The van der Waals surface area contributed by atoms with Gasteiger partial charge in [0, 0.05) is 7.11 Å². The van der Waals surface area contributed by atoms with Gasteiger partial charge in [0.2, 0.25) is 0 Å². The van der Waals surface area contributed by atoms with Gasteiger partial charge in [0.25, 0.3) is 0 Å². The summed E-state index contributed by atoms with van der Waals surface area (Å²) < 4.78 is 8.90. The Morgan fingerprint density at radius 2 is 2.06 bits per heavy atom. The molecule has 0 N–H and O–H groups in total. The molecule has 0 bridgehead atoms. The highest BCUT2D eigenvalue weighted by molar-refractivity contribution is 7.58. The fourth-order valence-corrected chi connectivity index (χ4v) is 2.11. The Balaban J connectivity index is 2.45. The van der Waals surface area contributed by atoms with E-state index < -0.39 is 0 Å². The second kappa shape index (κ2) is 5.25. The third-order valence-electron chi connectivity index (χ3n) is 2.58. The summed E-state index contributed by atoms with van der Waals surface area (Å²) in [5, 5.41) is 4.87. The molecule has 90 valence electrons. The summed E-state index contributed by atoms with van der Waals surface area (Å²) in [5.74, 6) is 1.01. The molecule has 5 heteroatoms. The van der Waals surface area contributed by atoms with E-state index in [2.05, 4.69) is 17.2 Å². The molecule has 2 aromatic rings. The number of methoxy groups -OCH3 is 1. The molecule has 17 heavy (non-hydrogen) atoms. The van der Waals surface area contributed by atoms with Crippen molar-refractivity contribution in [2.75, 3.05) is 13.7 Å². The van der Waals surface area contributed by atoms with E-state index in [1.54, 1.807) is 7.11 Å². The van der Waals surface area contributed by atoms with Crippen LogP contribution in [0.1, 0.15) is 0 Å². The van der Waals surface area contributed by atoms with E-state index in [-0.39, 0.29) is 0 Å². The number of hydrogen-bond donors (Lipinski definition) is 0. The third-order valence-corrected chi connectivity index (χ3v) is 2.88. The molecule has 0 saturated carbocycles. The molecule has 0 aliphatic carbocycles. The van der Waals surface area contributed by atoms with Crippen molar-refractivity contribution in [2.24, 2.45) is 7.05 Å². The lowest BCUT2D eigenvalue weighted by Crippen LogP contribution is -2.33. The van der Waals surface area contributed by atoms with Crippen molar-refractivity contribution in [1.82, 2.24) is 9.67 Å². The summed E-state index contributed by atoms with van der Waals surface area (Å²) in [7, 11) is 3.59. The van der Waals surface area contributed by atoms with Gasteiger partial charge in [-0.25, -0.2) is 4.57 Å². The van der Waals surface area contributed by atoms with Crippen LogP contribution in [0, 0.1) is 0 Å². The zero-order chi connectivity index (χ0) is 12.3. The van der Waals surface area contributed by atoms with Crippen molar-refractivity contribution < 1.29 is 9.42 Å². The number of nitrogens with zero attached hydrogens (tertiary/aromatic N) is 3. The zero-order valence-electron chi connectivity index (χ0n) is 9.96. The first-order chi connectivity index (χ1) is 8.24. The number of rotatable bonds is 4. The van der Waals surface area contributed by atoms with Crippen LogP contribution in [0.3, 0.4) is 0 Å². The first kappa shape index (κ1) is 12.0. The van der Waals surface area contributed by atoms with Crippen LogP contribution in [0.4, 0.5) is 0 Å². The molecule has 0 aliphatic heterocycles. The first-order valence-electron chi connectivity index (χ1n) is 5.42. The van der Waals surface area contributed by atoms with E-state index in [1.807, 2.05) is 34.5 Å². The first-order valence-corrected chi connectivity index (χ1v) is 5.83. The molecule has 1 heterocycles. The molecular weight excluding hydrogens is 234 g/mol. The number of aromatic nitrogens is 3. The van der Waals surface area contributed by atoms with E-state index in [0.717, 1.165) is 11.4 Å². The summed E-state index contributed by atoms with van der Waals surface area (Å²) in [6, 6.07) is 10.1. The fourth-order valence-electron chi connectivity index (χ4n) is 1.81. The van der Waals surface area contributed by atoms with Crippen LogP contribution >= 0.6 is 0 Å². The minimum absolute atomic E-state index is 0.586. The number of aryl methyl sites for hydroxylation is 1. The Labute approximate surface area is 106 Å². The Kier molecular flexibility index (Phi) is 3.71. The molecule has 0 spiro atoms. The quantitative estimate of drug-likeness (QED) is 0.596. The molecule has 0 aliphatic rings. The van der Waals surface area contributed by atoms with Crippen molar-refractivity contribution in [1.29, 1.82) is 0 Å². The topological polar surface area (TPSA) is 30.9 Å². The smallest absolute Gasteiger partial charge is 0.309 e. The molecular formula is C12H15N3OS. The Morgan fingerprint density at radius 1 is 1.35 bits per heavy atom. The van der Waals surface area contributed by atoms with E-state index in [4.69, 9.17) is 17.4 Å². The van der Waals surface area contributed by atoms with Crippen molar-refractivity contribution in [2.45, 2.75) is 11.7 Å². The molecule has 4 nitrogen and oxygen atoms in total. The molecule has 0 radical (unpaired) electrons. The molecule has 0 atom stereocenters. The van der Waals surface area contributed by atoms with Gasteiger partial charge in [0.05, 0.1) is 12.2 Å². The molecule has 2 rings (SSSR count). The van der Waals surface area contributed by atoms with E-state index in [9.17, 15) is 0 Å². The summed E-state index contributed by atoms with van der Waals surface area (Å²) in [6.45, 7) is 1.34. The molecule has 1 aromatic heterocycles. The number of benzene rings is 1. The Bertz CT molecular complexity index is 496. The molecule has 0 amide bonds. The van der Waals surface area contributed by atoms with E-state index in [0.29, 0.717) is 18.3 Å². The minimum atomic E-state index is 0.586. The molecule has 0 fully saturated rings. The second-order valence-electron chi connectivity index (χ2n) is 3.74. The highest BCUT2D eigenvalue weighted by atomic mass is 32.1. The predicted molar refractivity (Wildman–Crippen MR) is 66.3 cm³/mol. The standard InChI is InChI=1S/C12H15N3OS/c1-14-11(10-6-4-3-5-7-10)15(8-9-16-2)12(17)13-14/h3-7H,8-9H2,1-2H3. The lowest BCUT2D eigenvalue weighted by atomic mass is 10.2. The molecule has 1 aromatic carbocycles. The maximum atomic E-state index is 5.25. The minimum Gasteiger partial charge on any atom is -0.713 e. The molecule has 0 unspecified atom stereocenters. The SMILES string of the molecule is COCCn1c([S-])n[n+](C)c1-c1ccccc1. The number of ether oxygens (including phenoxy) is 1. The Hall–Kier alpha value is -1.46. The highest BCUT2D eigenvalue weighted by Gasteiger charge is 2.18. The third kappa shape index (κ3) is 2.45. The average Bonchev–Trinajstić information content (AvgIpc) is 2.62. The number of hydrogen-bond acceptors (Lipinski definition) is 3. The summed E-state index contributed by atoms with van der Waals surface area (Å²) in [6.07, 6.45) is 0. The lowest BCUT2D eigenvalue weighted by molar-refractivity contribution is -0.720. The Morgan fingerprint density at radius 3 is 2.71 bits per heavy atom. The largest absolute Gasteiger partial charge is 0.713 e. The van der Waals surface area contributed by atoms with E-state index in [1.165, 1.54) is 0 Å². The van der Waals surface area contributed by atoms with Crippen LogP contribution in [0.15, 0.2) is 35.5 Å². The maximum absolute atomic E-state index is 5.25. The van der Waals surface area contributed by atoms with Crippen LogP contribution in [0.5, 0.6) is 0 Å². The maximum Gasteiger partial charge on any atom is 0.309 e. The van der Waals surface area contributed by atoms with Gasteiger partial charge >= 0.3 is 5.82 Å². The van der Waals surface area contributed by atoms with Gasteiger partial charge in [-0.1, -0.05) is 23.3 Å². The fraction of sp³-hybridized carbons (Fsp3) is 0.333. The van der Waals surface area contributed by atoms with Crippen molar-refractivity contribution in [3.05, 3.63) is 30.3 Å². The normalized spacial score (nSPS) is 10.7. The van der Waals surface area contributed by atoms with Gasteiger partial charge in [-0.15, -0.1) is 4.68 Å². The average molecular weight is 249 g/mol. The van der Waals surface area contributed by atoms with Gasteiger partial charge in [0.15, 0.2) is 0 Å². The zero-order valence-corrected chi connectivity index (χ0v) is 10.8. The van der Waals surface area contributed by atoms with Gasteiger partial charge < -0.3 is 17.4 Å². The van der Waals surface area contributed by atoms with Crippen molar-refractivity contribution in [3.63, 3.8) is 0 Å².